The number of nitrogens with zero attached hydrogens (tertiary/aromatic N) is 2. The van der Waals surface area contributed by atoms with Crippen LogP contribution in [0.2, 0.25) is 0 Å². The molecule has 2 aliphatic rings. The van der Waals surface area contributed by atoms with Crippen LogP contribution in [-0.2, 0) is 0 Å². The zero-order valence-corrected chi connectivity index (χ0v) is 30.6. The van der Waals surface area contributed by atoms with Crippen molar-refractivity contribution in [3.8, 4) is 0 Å². The van der Waals surface area contributed by atoms with E-state index in [-0.39, 0.29) is 0 Å². The normalized spacial score (nSPS) is 14.1. The van der Waals surface area contributed by atoms with Gasteiger partial charge in [0.15, 0.2) is 0 Å². The predicted molar refractivity (Wildman–Crippen MR) is 231 cm³/mol. The van der Waals surface area contributed by atoms with E-state index in [0.29, 0.717) is 0 Å². The fraction of sp³-hybridized carbons (Fsp3) is 0.0833. The third-order valence-electron chi connectivity index (χ3n) is 8.48. The molecule has 52 heavy (non-hydrogen) atoms. The Hall–Kier alpha value is -6.52. The molecule has 0 spiro atoms. The average molecular weight is 679 g/mol. The molecular formula is C48H46N4. The fourth-order valence-electron chi connectivity index (χ4n) is 6.54. The van der Waals surface area contributed by atoms with Crippen LogP contribution in [0.25, 0.3) is 68.7 Å². The Bertz CT molecular complexity index is 2070. The quantitative estimate of drug-likeness (QED) is 0.129. The summed E-state index contributed by atoms with van der Waals surface area (Å²) in [6.45, 7) is 24.2. The van der Waals surface area contributed by atoms with Crippen LogP contribution in [0.15, 0.2) is 148 Å². The van der Waals surface area contributed by atoms with Gasteiger partial charge in [-0.15, -0.1) is 0 Å². The molecule has 0 saturated carbocycles. The number of hydrogen-bond acceptors (Lipinski definition) is 2. The van der Waals surface area contributed by atoms with Crippen LogP contribution in [0.4, 0.5) is 0 Å². The van der Waals surface area contributed by atoms with Crippen molar-refractivity contribution in [3.63, 3.8) is 0 Å². The van der Waals surface area contributed by atoms with Crippen molar-refractivity contribution in [1.29, 1.82) is 0 Å². The molecule has 3 aromatic heterocycles. The Kier molecular flexibility index (Phi) is 12.3. The highest BCUT2D eigenvalue weighted by atomic mass is 14.8. The smallest absolute Gasteiger partial charge is 0.0737 e. The monoisotopic (exact) mass is 678 g/mol. The largest absolute Gasteiger partial charge is 0.354 e. The second-order valence-electron chi connectivity index (χ2n) is 11.9. The van der Waals surface area contributed by atoms with E-state index < -0.39 is 0 Å². The van der Waals surface area contributed by atoms with Gasteiger partial charge in [0.2, 0.25) is 0 Å². The summed E-state index contributed by atoms with van der Waals surface area (Å²) >= 11 is 0. The van der Waals surface area contributed by atoms with Crippen molar-refractivity contribution in [2.45, 2.75) is 27.7 Å². The molecule has 0 fully saturated rings. The van der Waals surface area contributed by atoms with E-state index in [0.717, 1.165) is 89.4 Å². The maximum atomic E-state index is 5.35. The van der Waals surface area contributed by atoms with Crippen LogP contribution in [0.1, 0.15) is 72.7 Å². The highest BCUT2D eigenvalue weighted by Gasteiger charge is 2.19. The summed E-state index contributed by atoms with van der Waals surface area (Å²) in [5.41, 5.74) is 14.7. The van der Waals surface area contributed by atoms with E-state index in [1.54, 1.807) is 0 Å². The summed E-state index contributed by atoms with van der Waals surface area (Å²) < 4.78 is 0. The Morgan fingerprint density at radius 2 is 0.654 bits per heavy atom. The molecule has 3 aromatic rings. The zero-order valence-electron chi connectivity index (χ0n) is 30.6. The number of fused-ring (bicyclic) bond motifs is 8. The molecule has 5 heterocycles. The van der Waals surface area contributed by atoms with Crippen molar-refractivity contribution < 1.29 is 0 Å². The van der Waals surface area contributed by atoms with Crippen LogP contribution < -0.4 is 0 Å². The fourth-order valence-corrected chi connectivity index (χ4v) is 6.54. The molecule has 0 radical (unpaired) electrons. The third-order valence-corrected chi connectivity index (χ3v) is 8.48. The maximum Gasteiger partial charge on any atom is 0.0737 e. The molecule has 4 heteroatoms. The van der Waals surface area contributed by atoms with Gasteiger partial charge >= 0.3 is 0 Å². The maximum absolute atomic E-state index is 5.35. The summed E-state index contributed by atoms with van der Waals surface area (Å²) in [5, 5.41) is 0. The highest BCUT2D eigenvalue weighted by Crippen LogP contribution is 2.35. The molecule has 0 aliphatic carbocycles. The van der Waals surface area contributed by atoms with Gasteiger partial charge in [-0.25, -0.2) is 9.97 Å². The molecule has 5 rings (SSSR count). The predicted octanol–water partition coefficient (Wildman–Crippen LogP) is 13.2. The van der Waals surface area contributed by atoms with Crippen LogP contribution in [-0.4, -0.2) is 19.9 Å². The van der Waals surface area contributed by atoms with Gasteiger partial charge in [-0.1, -0.05) is 124 Å². The molecule has 258 valence electrons. The third kappa shape index (κ3) is 7.62. The topological polar surface area (TPSA) is 57.4 Å². The van der Waals surface area contributed by atoms with Gasteiger partial charge < -0.3 is 9.97 Å². The van der Waals surface area contributed by atoms with E-state index in [9.17, 15) is 0 Å². The van der Waals surface area contributed by atoms with Crippen molar-refractivity contribution in [2.24, 2.45) is 0 Å². The number of rotatable bonds is 12. The average Bonchev–Trinajstić information content (AvgIpc) is 3.96. The number of H-pyrrole nitrogens is 2. The van der Waals surface area contributed by atoms with Crippen molar-refractivity contribution in [3.05, 3.63) is 193 Å². The number of allylic oxidation sites excluding steroid dienone is 20. The summed E-state index contributed by atoms with van der Waals surface area (Å²) in [6, 6.07) is 8.45. The minimum absolute atomic E-state index is 0.825. The second-order valence-corrected chi connectivity index (χ2v) is 11.9. The SMILES string of the molecule is C=C/C=C(\C=C/C)c1c2nc(c(C(/C=C\C)=C/C=C)c3ccc([nH]3)c(C(/C=C\C)=C/C=C)c3nc(c(C(/C=C\C)=C/C=C)c4ccc1[nH]4)C=C3)C=C2. The Morgan fingerprint density at radius 1 is 0.423 bits per heavy atom. The van der Waals surface area contributed by atoms with Crippen LogP contribution in [0.5, 0.6) is 0 Å². The van der Waals surface area contributed by atoms with E-state index in [2.05, 4.69) is 109 Å². The van der Waals surface area contributed by atoms with Crippen molar-refractivity contribution >= 4 is 68.7 Å². The van der Waals surface area contributed by atoms with Gasteiger partial charge in [0.25, 0.3) is 0 Å². The summed E-state index contributed by atoms with van der Waals surface area (Å²) in [5.74, 6) is 0. The molecule has 4 nitrogen and oxygen atoms in total. The second kappa shape index (κ2) is 17.4. The first-order valence-corrected chi connectivity index (χ1v) is 17.5. The number of nitrogens with one attached hydrogen (secondary N) is 2. The van der Waals surface area contributed by atoms with E-state index >= 15 is 0 Å². The number of aromatic amines is 2. The van der Waals surface area contributed by atoms with Gasteiger partial charge in [-0.2, -0.15) is 0 Å². The van der Waals surface area contributed by atoms with Crippen molar-refractivity contribution in [2.75, 3.05) is 0 Å². The molecule has 0 atom stereocenters. The minimum Gasteiger partial charge on any atom is -0.354 e. The van der Waals surface area contributed by atoms with Crippen LogP contribution in [0, 0.1) is 0 Å². The summed E-state index contributed by atoms with van der Waals surface area (Å²) in [7, 11) is 0. The van der Waals surface area contributed by atoms with Gasteiger partial charge in [0.05, 0.1) is 22.8 Å². The zero-order chi connectivity index (χ0) is 37.0. The number of hydrogen-bond donors (Lipinski definition) is 2. The molecule has 0 saturated heterocycles. The Balaban J connectivity index is 2.16. The molecule has 0 aromatic carbocycles. The first-order chi connectivity index (χ1) is 25.5. The lowest BCUT2D eigenvalue weighted by Gasteiger charge is -2.08. The molecular weight excluding hydrogens is 633 g/mol. The minimum atomic E-state index is 0.825. The van der Waals surface area contributed by atoms with E-state index in [4.69, 9.17) is 9.97 Å². The Labute approximate surface area is 308 Å². The first kappa shape index (κ1) is 36.8. The van der Waals surface area contributed by atoms with Crippen LogP contribution >= 0.6 is 0 Å². The van der Waals surface area contributed by atoms with Gasteiger partial charge in [-0.3, -0.25) is 0 Å². The molecule has 8 bridgehead atoms. The van der Waals surface area contributed by atoms with Gasteiger partial charge in [0.1, 0.15) is 0 Å². The molecule has 2 aliphatic heterocycles. The summed E-state index contributed by atoms with van der Waals surface area (Å²) in [4.78, 5) is 18.2. The number of aromatic nitrogens is 4. The van der Waals surface area contributed by atoms with Gasteiger partial charge in [0, 0.05) is 44.3 Å². The summed E-state index contributed by atoms with van der Waals surface area (Å²) in [6.07, 6.45) is 40.1. The van der Waals surface area contributed by atoms with Crippen molar-refractivity contribution in [1.82, 2.24) is 19.9 Å². The highest BCUT2D eigenvalue weighted by molar-refractivity contribution is 5.99. The molecule has 2 N–H and O–H groups in total. The molecule has 0 unspecified atom stereocenters. The lowest BCUT2D eigenvalue weighted by molar-refractivity contribution is 1.28. The first-order valence-electron chi connectivity index (χ1n) is 17.5. The molecule has 0 amide bonds. The lowest BCUT2D eigenvalue weighted by atomic mass is 10.0. The standard InChI is InChI=1S/C48H46N4/c1-9-17-33(18-10-2)45-37-25-27-39(49-37)46(34(19-11-3)20-12-4)41-29-31-43(51-41)48(36(23-15-7)24-16-8)44-32-30-42(52-44)47(35(21-13-5)22-14-6)40-28-26-38(45)50-40/h9-32,49,52H,1,3,5,7H2,2,4,6,8H3/b18-10-,20-12-,22-14-,24-16-,33-17+,34-19+,35-21+,36-23+,45-37?,45-38?,46-39?,46-41?,47-40?,47-42?,48-43?,48-44?. The van der Waals surface area contributed by atoms with Gasteiger partial charge in [-0.05, 0) is 98.6 Å². The van der Waals surface area contributed by atoms with E-state index in [1.807, 2.05) is 101 Å². The van der Waals surface area contributed by atoms with Crippen LogP contribution in [0.3, 0.4) is 0 Å². The Morgan fingerprint density at radius 3 is 0.846 bits per heavy atom. The lowest BCUT2D eigenvalue weighted by Crippen LogP contribution is -1.93. The van der Waals surface area contributed by atoms with E-state index in [1.165, 1.54) is 0 Å².